The fourth-order valence-electron chi connectivity index (χ4n) is 2.97. The Morgan fingerprint density at radius 3 is 1.42 bits per heavy atom. The van der Waals surface area contributed by atoms with Crippen LogP contribution in [-0.2, 0) is 9.59 Å². The summed E-state index contributed by atoms with van der Waals surface area (Å²) in [7, 11) is 0. The molecule has 0 saturated carbocycles. The highest BCUT2D eigenvalue weighted by Crippen LogP contribution is 2.23. The number of carbonyl (C=O) groups excluding carboxylic acids is 2. The van der Waals surface area contributed by atoms with Crippen molar-refractivity contribution in [3.05, 3.63) is 68.3 Å². The van der Waals surface area contributed by atoms with Gasteiger partial charge in [0.05, 0.1) is 21.2 Å². The van der Waals surface area contributed by atoms with Gasteiger partial charge in [0, 0.05) is 37.1 Å². The van der Waals surface area contributed by atoms with Crippen LogP contribution < -0.4 is 10.6 Å². The number of amides is 2. The number of nitro groups is 2. The van der Waals surface area contributed by atoms with Gasteiger partial charge in [0.2, 0.25) is 11.8 Å². The first kappa shape index (κ1) is 25.3. The van der Waals surface area contributed by atoms with Gasteiger partial charge in [-0.05, 0) is 25.0 Å². The lowest BCUT2D eigenvalue weighted by Crippen LogP contribution is -2.13. The molecule has 0 unspecified atom stereocenters. The van der Waals surface area contributed by atoms with Gasteiger partial charge in [0.1, 0.15) is 11.6 Å². The maximum atomic E-state index is 13.7. The summed E-state index contributed by atoms with van der Waals surface area (Å²) in [5.74, 6) is -2.46. The van der Waals surface area contributed by atoms with Crippen LogP contribution in [0.1, 0.15) is 44.9 Å². The van der Waals surface area contributed by atoms with Gasteiger partial charge in [-0.3, -0.25) is 29.8 Å². The second-order valence-electron chi connectivity index (χ2n) is 7.21. The molecule has 176 valence electrons. The Morgan fingerprint density at radius 1 is 0.697 bits per heavy atom. The van der Waals surface area contributed by atoms with Gasteiger partial charge in [0.15, 0.2) is 0 Å². The molecule has 0 aromatic heterocycles. The summed E-state index contributed by atoms with van der Waals surface area (Å²) in [5.41, 5.74) is -1.16. The fraction of sp³-hybridized carbons (Fsp3) is 0.333. The van der Waals surface area contributed by atoms with Crippen molar-refractivity contribution in [2.24, 2.45) is 0 Å². The van der Waals surface area contributed by atoms with Gasteiger partial charge in [-0.2, -0.15) is 0 Å². The third-order valence-electron chi connectivity index (χ3n) is 4.68. The van der Waals surface area contributed by atoms with Crippen molar-refractivity contribution < 1.29 is 28.2 Å². The molecular weight excluding hydrogens is 442 g/mol. The normalized spacial score (nSPS) is 10.5. The fourth-order valence-corrected chi connectivity index (χ4v) is 2.97. The van der Waals surface area contributed by atoms with Crippen LogP contribution in [0.2, 0.25) is 0 Å². The van der Waals surface area contributed by atoms with Crippen LogP contribution in [0.3, 0.4) is 0 Å². The van der Waals surface area contributed by atoms with Crippen molar-refractivity contribution >= 4 is 34.6 Å². The molecule has 0 radical (unpaired) electrons. The number of nitro benzene ring substituents is 2. The van der Waals surface area contributed by atoms with Crippen molar-refractivity contribution in [3.63, 3.8) is 0 Å². The zero-order valence-electron chi connectivity index (χ0n) is 17.5. The Kier molecular flexibility index (Phi) is 9.33. The molecule has 2 N–H and O–H groups in total. The molecule has 0 atom stereocenters. The van der Waals surface area contributed by atoms with Crippen molar-refractivity contribution in [3.8, 4) is 0 Å². The highest BCUT2D eigenvalue weighted by atomic mass is 19.1. The maximum absolute atomic E-state index is 13.7. The number of carbonyl (C=O) groups is 2. The SMILES string of the molecule is O=C(CCCCCCCC(=O)Nc1cc([N+](=O)[O-])ccc1F)Nc1cc([N+](=O)[O-])ccc1F. The summed E-state index contributed by atoms with van der Waals surface area (Å²) in [6.45, 7) is 0. The molecule has 0 heterocycles. The van der Waals surface area contributed by atoms with Gasteiger partial charge in [0.25, 0.3) is 11.4 Å². The number of benzene rings is 2. The minimum atomic E-state index is -0.766. The van der Waals surface area contributed by atoms with Gasteiger partial charge >= 0.3 is 0 Å². The van der Waals surface area contributed by atoms with E-state index in [9.17, 15) is 38.6 Å². The van der Waals surface area contributed by atoms with Crippen molar-refractivity contribution in [1.82, 2.24) is 0 Å². The number of non-ortho nitro benzene ring substituents is 2. The molecule has 12 heteroatoms. The molecule has 2 aromatic rings. The van der Waals surface area contributed by atoms with Crippen LogP contribution in [0.15, 0.2) is 36.4 Å². The van der Waals surface area contributed by atoms with Crippen LogP contribution in [0.5, 0.6) is 0 Å². The zero-order valence-corrected chi connectivity index (χ0v) is 17.5. The van der Waals surface area contributed by atoms with E-state index in [0.717, 1.165) is 42.8 Å². The van der Waals surface area contributed by atoms with Crippen LogP contribution in [-0.4, -0.2) is 21.7 Å². The number of nitrogens with one attached hydrogen (secondary N) is 2. The number of hydrogen-bond acceptors (Lipinski definition) is 6. The Morgan fingerprint density at radius 2 is 1.06 bits per heavy atom. The lowest BCUT2D eigenvalue weighted by molar-refractivity contribution is -0.385. The lowest BCUT2D eigenvalue weighted by atomic mass is 10.1. The van der Waals surface area contributed by atoms with E-state index >= 15 is 0 Å². The zero-order chi connectivity index (χ0) is 24.4. The molecule has 0 bridgehead atoms. The largest absolute Gasteiger partial charge is 0.323 e. The van der Waals surface area contributed by atoms with Crippen LogP contribution >= 0.6 is 0 Å². The third kappa shape index (κ3) is 8.24. The first-order chi connectivity index (χ1) is 15.7. The first-order valence-corrected chi connectivity index (χ1v) is 10.1. The predicted octanol–water partition coefficient (Wildman–Crippen LogP) is 5.09. The van der Waals surface area contributed by atoms with Gasteiger partial charge < -0.3 is 10.6 Å². The standard InChI is InChI=1S/C21H22F2N4O6/c22-16-10-8-14(26(30)31)12-18(16)24-20(28)6-4-2-1-3-5-7-21(29)25-19-13-15(27(32)33)9-11-17(19)23/h8-13H,1-7H2,(H,24,28)(H,25,29). The molecule has 2 aromatic carbocycles. The third-order valence-corrected chi connectivity index (χ3v) is 4.68. The van der Waals surface area contributed by atoms with E-state index in [1.54, 1.807) is 0 Å². The molecule has 0 fully saturated rings. The summed E-state index contributed by atoms with van der Waals surface area (Å²) < 4.78 is 27.4. The van der Waals surface area contributed by atoms with E-state index < -0.39 is 33.3 Å². The smallest absolute Gasteiger partial charge is 0.271 e. The number of anilines is 2. The van der Waals surface area contributed by atoms with Crippen molar-refractivity contribution in [2.75, 3.05) is 10.6 Å². The number of hydrogen-bond donors (Lipinski definition) is 2. The minimum Gasteiger partial charge on any atom is -0.323 e. The highest BCUT2D eigenvalue weighted by molar-refractivity contribution is 5.91. The van der Waals surface area contributed by atoms with Crippen LogP contribution in [0, 0.1) is 31.9 Å². The van der Waals surface area contributed by atoms with E-state index in [1.165, 1.54) is 0 Å². The van der Waals surface area contributed by atoms with Crippen molar-refractivity contribution in [2.45, 2.75) is 44.9 Å². The average molecular weight is 464 g/mol. The number of unbranched alkanes of at least 4 members (excludes halogenated alkanes) is 4. The summed E-state index contributed by atoms with van der Waals surface area (Å²) in [6, 6.07) is 5.75. The van der Waals surface area contributed by atoms with E-state index in [-0.39, 0.29) is 35.6 Å². The molecule has 33 heavy (non-hydrogen) atoms. The van der Waals surface area contributed by atoms with Gasteiger partial charge in [-0.25, -0.2) is 8.78 Å². The highest BCUT2D eigenvalue weighted by Gasteiger charge is 2.14. The average Bonchev–Trinajstić information content (AvgIpc) is 2.75. The lowest BCUT2D eigenvalue weighted by Gasteiger charge is -2.07. The Labute approximate surface area is 187 Å². The monoisotopic (exact) mass is 464 g/mol. The summed E-state index contributed by atoms with van der Waals surface area (Å²) in [4.78, 5) is 43.9. The predicted molar refractivity (Wildman–Crippen MR) is 116 cm³/mol. The molecule has 2 rings (SSSR count). The Balaban J connectivity index is 1.63. The number of halogens is 2. The summed E-state index contributed by atoms with van der Waals surface area (Å²) in [5, 5.41) is 26.1. The number of rotatable bonds is 12. The summed E-state index contributed by atoms with van der Waals surface area (Å²) in [6.07, 6.45) is 3.29. The van der Waals surface area contributed by atoms with Crippen molar-refractivity contribution in [1.29, 1.82) is 0 Å². The minimum absolute atomic E-state index is 0.106. The second-order valence-corrected chi connectivity index (χ2v) is 7.21. The Hall–Kier alpha value is -3.96. The van der Waals surface area contributed by atoms with E-state index in [2.05, 4.69) is 10.6 Å². The molecule has 0 saturated heterocycles. The molecular formula is C21H22F2N4O6. The van der Waals surface area contributed by atoms with Gasteiger partial charge in [-0.15, -0.1) is 0 Å². The molecule has 0 spiro atoms. The van der Waals surface area contributed by atoms with E-state index in [1.807, 2.05) is 0 Å². The molecule has 2 amide bonds. The molecule has 0 aliphatic rings. The quantitative estimate of drug-likeness (QED) is 0.254. The molecule has 0 aliphatic heterocycles. The molecule has 0 aliphatic carbocycles. The van der Waals surface area contributed by atoms with E-state index in [4.69, 9.17) is 0 Å². The molecule has 10 nitrogen and oxygen atoms in total. The van der Waals surface area contributed by atoms with Crippen LogP contribution in [0.4, 0.5) is 31.5 Å². The first-order valence-electron chi connectivity index (χ1n) is 10.1. The summed E-state index contributed by atoms with van der Waals surface area (Å²) >= 11 is 0. The van der Waals surface area contributed by atoms with Crippen LogP contribution in [0.25, 0.3) is 0 Å². The van der Waals surface area contributed by atoms with E-state index in [0.29, 0.717) is 25.7 Å². The topological polar surface area (TPSA) is 144 Å². The number of nitrogens with zero attached hydrogens (tertiary/aromatic N) is 2. The second kappa shape index (κ2) is 12.2. The Bertz CT molecular complexity index is 966. The van der Waals surface area contributed by atoms with Gasteiger partial charge in [-0.1, -0.05) is 19.3 Å². The maximum Gasteiger partial charge on any atom is 0.271 e.